The number of hydrogen-bond acceptors (Lipinski definition) is 6. The molecule has 0 unspecified atom stereocenters. The van der Waals surface area contributed by atoms with E-state index in [0.29, 0.717) is 17.3 Å². The molecule has 2 aromatic heterocycles. The molecule has 3 aromatic rings. The molecule has 146 valence electrons. The van der Waals surface area contributed by atoms with Gasteiger partial charge in [-0.3, -0.25) is 9.10 Å². The van der Waals surface area contributed by atoms with Gasteiger partial charge in [-0.25, -0.2) is 13.4 Å². The second kappa shape index (κ2) is 8.41. The van der Waals surface area contributed by atoms with Crippen molar-refractivity contribution in [2.75, 3.05) is 23.3 Å². The zero-order chi connectivity index (χ0) is 20.1. The first-order chi connectivity index (χ1) is 13.4. The molecule has 0 saturated heterocycles. The van der Waals surface area contributed by atoms with Crippen LogP contribution in [0.15, 0.2) is 64.3 Å². The fraction of sp³-hybridized carbons (Fsp3) is 0.158. The highest BCUT2D eigenvalue weighted by Gasteiger charge is 2.22. The number of nitrogens with one attached hydrogen (secondary N) is 1. The number of aryl methyl sites for hydroxylation is 1. The third-order valence-electron chi connectivity index (χ3n) is 3.95. The van der Waals surface area contributed by atoms with Gasteiger partial charge in [0.05, 0.1) is 5.69 Å². The van der Waals surface area contributed by atoms with Crippen molar-refractivity contribution in [1.29, 1.82) is 0 Å². The van der Waals surface area contributed by atoms with E-state index >= 15 is 0 Å². The molecule has 2 heterocycles. The number of thiophene rings is 1. The topological polar surface area (TPSA) is 88.6 Å². The van der Waals surface area contributed by atoms with Crippen LogP contribution in [0.5, 0.6) is 5.75 Å². The van der Waals surface area contributed by atoms with Gasteiger partial charge in [0.2, 0.25) is 0 Å². The maximum absolute atomic E-state index is 12.5. The number of amides is 1. The standard InChI is InChI=1S/C19H19N3O4S2/c1-14-5-3-11-20-19(14)21-17(23)13-26-16-9-7-15(8-10-16)22(2)28(24,25)18-6-4-12-27-18/h3-12H,13H2,1-2H3,(H,20,21,23). The van der Waals surface area contributed by atoms with Gasteiger partial charge in [0.1, 0.15) is 15.8 Å². The molecule has 1 amide bonds. The highest BCUT2D eigenvalue weighted by Crippen LogP contribution is 2.26. The van der Waals surface area contributed by atoms with Gasteiger partial charge in [-0.15, -0.1) is 11.3 Å². The third kappa shape index (κ3) is 4.49. The summed E-state index contributed by atoms with van der Waals surface area (Å²) >= 11 is 1.17. The summed E-state index contributed by atoms with van der Waals surface area (Å²) in [5.74, 6) is 0.619. The van der Waals surface area contributed by atoms with Crippen LogP contribution in [0, 0.1) is 6.92 Å². The number of rotatable bonds is 7. The van der Waals surface area contributed by atoms with E-state index in [0.717, 1.165) is 5.56 Å². The average Bonchev–Trinajstić information content (AvgIpc) is 3.24. The van der Waals surface area contributed by atoms with Crippen LogP contribution in [0.4, 0.5) is 11.5 Å². The number of pyridine rings is 1. The summed E-state index contributed by atoms with van der Waals surface area (Å²) in [6.45, 7) is 1.67. The molecule has 0 aliphatic heterocycles. The van der Waals surface area contributed by atoms with Crippen molar-refractivity contribution in [3.05, 3.63) is 65.7 Å². The average molecular weight is 418 g/mol. The summed E-state index contributed by atoms with van der Waals surface area (Å²) in [5.41, 5.74) is 1.35. The molecule has 0 atom stereocenters. The number of anilines is 2. The molecule has 0 aliphatic carbocycles. The summed E-state index contributed by atoms with van der Waals surface area (Å²) in [7, 11) is -2.09. The van der Waals surface area contributed by atoms with E-state index in [-0.39, 0.29) is 16.7 Å². The van der Waals surface area contributed by atoms with E-state index in [2.05, 4.69) is 10.3 Å². The molecule has 3 rings (SSSR count). The van der Waals surface area contributed by atoms with E-state index in [1.165, 1.54) is 22.7 Å². The van der Waals surface area contributed by atoms with Gasteiger partial charge in [0, 0.05) is 13.2 Å². The van der Waals surface area contributed by atoms with Crippen molar-refractivity contribution in [3.63, 3.8) is 0 Å². The van der Waals surface area contributed by atoms with Crippen molar-refractivity contribution in [1.82, 2.24) is 4.98 Å². The second-order valence-electron chi connectivity index (χ2n) is 5.90. The molecule has 0 bridgehead atoms. The van der Waals surface area contributed by atoms with Gasteiger partial charge in [0.25, 0.3) is 15.9 Å². The van der Waals surface area contributed by atoms with Gasteiger partial charge in [-0.05, 0) is 54.3 Å². The van der Waals surface area contributed by atoms with E-state index in [9.17, 15) is 13.2 Å². The predicted octanol–water partition coefficient (Wildman–Crippen LogP) is 3.29. The number of carbonyl (C=O) groups is 1. The predicted molar refractivity (Wildman–Crippen MR) is 109 cm³/mol. The Morgan fingerprint density at radius 3 is 2.57 bits per heavy atom. The Bertz CT molecular complexity index is 1050. The molecule has 7 nitrogen and oxygen atoms in total. The van der Waals surface area contributed by atoms with Gasteiger partial charge in [-0.1, -0.05) is 12.1 Å². The Morgan fingerprint density at radius 2 is 1.93 bits per heavy atom. The zero-order valence-electron chi connectivity index (χ0n) is 15.3. The molecule has 9 heteroatoms. The summed E-state index contributed by atoms with van der Waals surface area (Å²) < 4.78 is 32.0. The molecule has 0 fully saturated rings. The fourth-order valence-electron chi connectivity index (χ4n) is 2.37. The summed E-state index contributed by atoms with van der Waals surface area (Å²) in [6.07, 6.45) is 1.60. The van der Waals surface area contributed by atoms with Gasteiger partial charge in [0.15, 0.2) is 6.61 Å². The van der Waals surface area contributed by atoms with Crippen LogP contribution in [-0.4, -0.2) is 33.0 Å². The van der Waals surface area contributed by atoms with Crippen molar-refractivity contribution in [2.45, 2.75) is 11.1 Å². The number of benzene rings is 1. The summed E-state index contributed by atoms with van der Waals surface area (Å²) in [6, 6.07) is 13.4. The minimum absolute atomic E-state index is 0.182. The lowest BCUT2D eigenvalue weighted by atomic mass is 10.3. The summed E-state index contributed by atoms with van der Waals surface area (Å²) in [5, 5.41) is 4.40. The van der Waals surface area contributed by atoms with Crippen molar-refractivity contribution >= 4 is 38.8 Å². The molecular formula is C19H19N3O4S2. The highest BCUT2D eigenvalue weighted by atomic mass is 32.2. The normalized spacial score (nSPS) is 11.1. The second-order valence-corrected chi connectivity index (χ2v) is 9.05. The largest absolute Gasteiger partial charge is 0.484 e. The minimum atomic E-state index is -3.59. The quantitative estimate of drug-likeness (QED) is 0.637. The Morgan fingerprint density at radius 1 is 1.18 bits per heavy atom. The maximum atomic E-state index is 12.5. The molecule has 28 heavy (non-hydrogen) atoms. The Balaban J connectivity index is 1.60. The van der Waals surface area contributed by atoms with Gasteiger partial charge in [-0.2, -0.15) is 0 Å². The molecule has 0 saturated carbocycles. The Kier molecular flexibility index (Phi) is 5.96. The Labute approximate surface area is 167 Å². The number of ether oxygens (including phenoxy) is 1. The number of carbonyl (C=O) groups excluding carboxylic acids is 1. The first-order valence-electron chi connectivity index (χ1n) is 8.35. The number of aromatic nitrogens is 1. The lowest BCUT2D eigenvalue weighted by Gasteiger charge is -2.18. The van der Waals surface area contributed by atoms with E-state index in [4.69, 9.17) is 4.74 Å². The van der Waals surface area contributed by atoms with Gasteiger partial charge >= 0.3 is 0 Å². The monoisotopic (exact) mass is 417 g/mol. The molecule has 0 radical (unpaired) electrons. The lowest BCUT2D eigenvalue weighted by Crippen LogP contribution is -2.25. The fourth-order valence-corrected chi connectivity index (χ4v) is 4.73. The zero-order valence-corrected chi connectivity index (χ0v) is 17.0. The molecule has 1 aromatic carbocycles. The number of nitrogens with zero attached hydrogens (tertiary/aromatic N) is 2. The highest BCUT2D eigenvalue weighted by molar-refractivity contribution is 7.94. The SMILES string of the molecule is Cc1cccnc1NC(=O)COc1ccc(N(C)S(=O)(=O)c2cccs2)cc1. The van der Waals surface area contributed by atoms with Crippen LogP contribution < -0.4 is 14.4 Å². The first kappa shape index (κ1) is 19.8. The van der Waals surface area contributed by atoms with Gasteiger partial charge < -0.3 is 10.1 Å². The first-order valence-corrected chi connectivity index (χ1v) is 10.7. The van der Waals surface area contributed by atoms with Crippen molar-refractivity contribution in [2.24, 2.45) is 0 Å². The van der Waals surface area contributed by atoms with Crippen LogP contribution in [0.25, 0.3) is 0 Å². The van der Waals surface area contributed by atoms with Crippen LogP contribution in [0.3, 0.4) is 0 Å². The maximum Gasteiger partial charge on any atom is 0.273 e. The van der Waals surface area contributed by atoms with Crippen molar-refractivity contribution in [3.8, 4) is 5.75 Å². The number of sulfonamides is 1. The van der Waals surface area contributed by atoms with Crippen LogP contribution in [-0.2, 0) is 14.8 Å². The van der Waals surface area contributed by atoms with Crippen molar-refractivity contribution < 1.29 is 17.9 Å². The van der Waals surface area contributed by atoms with Crippen LogP contribution in [0.2, 0.25) is 0 Å². The molecule has 0 aliphatic rings. The van der Waals surface area contributed by atoms with Crippen LogP contribution in [0.1, 0.15) is 5.56 Å². The molecular weight excluding hydrogens is 398 g/mol. The Hall–Kier alpha value is -2.91. The third-order valence-corrected chi connectivity index (χ3v) is 7.11. The van der Waals surface area contributed by atoms with E-state index in [1.807, 2.05) is 13.0 Å². The summed E-state index contributed by atoms with van der Waals surface area (Å²) in [4.78, 5) is 16.1. The number of hydrogen-bond donors (Lipinski definition) is 1. The van der Waals surface area contributed by atoms with E-state index in [1.54, 1.807) is 54.0 Å². The molecule has 1 N–H and O–H groups in total. The molecule has 0 spiro atoms. The lowest BCUT2D eigenvalue weighted by molar-refractivity contribution is -0.118. The smallest absolute Gasteiger partial charge is 0.273 e. The van der Waals surface area contributed by atoms with E-state index < -0.39 is 10.0 Å². The minimum Gasteiger partial charge on any atom is -0.484 e. The van der Waals surface area contributed by atoms with Crippen LogP contribution >= 0.6 is 11.3 Å².